The number of carbonyl (C=O) groups excluding carboxylic acids is 1. The van der Waals surface area contributed by atoms with E-state index in [1.165, 1.54) is 4.90 Å². The Kier molecular flexibility index (Phi) is 5.99. The molecule has 0 aromatic carbocycles. The first-order chi connectivity index (χ1) is 9.36. The summed E-state index contributed by atoms with van der Waals surface area (Å²) in [7, 11) is 0. The maximum atomic E-state index is 12.9. The Morgan fingerprint density at radius 3 is 2.35 bits per heavy atom. The number of rotatable bonds is 6. The quantitative estimate of drug-likeness (QED) is 0.779. The van der Waals surface area contributed by atoms with Crippen LogP contribution in [0.3, 0.4) is 0 Å². The van der Waals surface area contributed by atoms with Crippen LogP contribution in [0.15, 0.2) is 0 Å². The van der Waals surface area contributed by atoms with E-state index in [1.54, 1.807) is 0 Å². The van der Waals surface area contributed by atoms with Crippen LogP contribution < -0.4 is 5.73 Å². The average Bonchev–Trinajstić information content (AvgIpc) is 2.44. The first-order valence-corrected chi connectivity index (χ1v) is 7.59. The Morgan fingerprint density at radius 1 is 1.40 bits per heavy atom. The highest BCUT2D eigenvalue weighted by Gasteiger charge is 2.43. The van der Waals surface area contributed by atoms with Gasteiger partial charge in [0.2, 0.25) is 5.91 Å². The lowest BCUT2D eigenvalue weighted by Crippen LogP contribution is -2.53. The molecule has 0 bridgehead atoms. The number of carbonyl (C=O) groups is 2. The molecule has 1 unspecified atom stereocenters. The van der Waals surface area contributed by atoms with Gasteiger partial charge in [-0.25, -0.2) is 0 Å². The van der Waals surface area contributed by atoms with E-state index < -0.39 is 11.4 Å². The van der Waals surface area contributed by atoms with Crippen molar-refractivity contribution in [3.63, 3.8) is 0 Å². The molecule has 0 radical (unpaired) electrons. The smallest absolute Gasteiger partial charge is 0.323 e. The molecule has 0 aromatic heterocycles. The maximum absolute atomic E-state index is 12.9. The standard InChI is InChI=1S/C15H28N2O3/c1-4-12(3)17(9-13(18)19)14(20)15(10-16)7-5-11(2)6-8-15/h11-12H,4-10,16H2,1-3H3,(H,18,19). The molecule has 1 atom stereocenters. The number of carboxylic acids is 1. The fourth-order valence-electron chi connectivity index (χ4n) is 2.92. The second kappa shape index (κ2) is 7.07. The summed E-state index contributed by atoms with van der Waals surface area (Å²) in [6.45, 7) is 6.13. The van der Waals surface area contributed by atoms with E-state index >= 15 is 0 Å². The molecule has 1 saturated carbocycles. The molecule has 1 aliphatic rings. The summed E-state index contributed by atoms with van der Waals surface area (Å²) in [4.78, 5) is 25.4. The molecule has 0 aromatic rings. The predicted octanol–water partition coefficient (Wildman–Crippen LogP) is 1.85. The van der Waals surface area contributed by atoms with Crippen LogP contribution in [0.4, 0.5) is 0 Å². The van der Waals surface area contributed by atoms with E-state index in [1.807, 2.05) is 13.8 Å². The Labute approximate surface area is 121 Å². The van der Waals surface area contributed by atoms with E-state index in [4.69, 9.17) is 10.8 Å². The number of hydrogen-bond acceptors (Lipinski definition) is 3. The van der Waals surface area contributed by atoms with Gasteiger partial charge in [-0.2, -0.15) is 0 Å². The summed E-state index contributed by atoms with van der Waals surface area (Å²) in [5, 5.41) is 9.05. The second-order valence-electron chi connectivity index (χ2n) is 6.25. The molecule has 3 N–H and O–H groups in total. The van der Waals surface area contributed by atoms with Gasteiger partial charge in [0, 0.05) is 12.6 Å². The van der Waals surface area contributed by atoms with E-state index in [2.05, 4.69) is 6.92 Å². The van der Waals surface area contributed by atoms with Crippen molar-refractivity contribution in [3.8, 4) is 0 Å². The van der Waals surface area contributed by atoms with Crippen molar-refractivity contribution in [2.45, 2.75) is 58.9 Å². The van der Waals surface area contributed by atoms with Gasteiger partial charge in [-0.15, -0.1) is 0 Å². The van der Waals surface area contributed by atoms with Crippen LogP contribution in [-0.4, -0.2) is 41.0 Å². The minimum Gasteiger partial charge on any atom is -0.480 e. The van der Waals surface area contributed by atoms with Crippen LogP contribution in [0, 0.1) is 11.3 Å². The number of aliphatic carboxylic acids is 1. The van der Waals surface area contributed by atoms with Gasteiger partial charge >= 0.3 is 5.97 Å². The Morgan fingerprint density at radius 2 is 1.95 bits per heavy atom. The zero-order valence-corrected chi connectivity index (χ0v) is 12.9. The first-order valence-electron chi connectivity index (χ1n) is 7.59. The van der Waals surface area contributed by atoms with Crippen LogP contribution in [0.1, 0.15) is 52.9 Å². The summed E-state index contributed by atoms with van der Waals surface area (Å²) in [6.07, 6.45) is 4.27. The van der Waals surface area contributed by atoms with Gasteiger partial charge in [0.1, 0.15) is 6.54 Å². The van der Waals surface area contributed by atoms with Crippen LogP contribution in [0.5, 0.6) is 0 Å². The van der Waals surface area contributed by atoms with E-state index in [-0.39, 0.29) is 18.5 Å². The largest absolute Gasteiger partial charge is 0.480 e. The number of nitrogens with two attached hydrogens (primary N) is 1. The first kappa shape index (κ1) is 17.0. The number of amides is 1. The van der Waals surface area contributed by atoms with Crippen molar-refractivity contribution in [1.82, 2.24) is 4.90 Å². The fraction of sp³-hybridized carbons (Fsp3) is 0.867. The monoisotopic (exact) mass is 284 g/mol. The molecular weight excluding hydrogens is 256 g/mol. The molecule has 0 spiro atoms. The highest BCUT2D eigenvalue weighted by atomic mass is 16.4. The molecule has 5 nitrogen and oxygen atoms in total. The minimum absolute atomic E-state index is 0.0661. The molecule has 1 aliphatic carbocycles. The molecule has 5 heteroatoms. The molecule has 0 aliphatic heterocycles. The highest BCUT2D eigenvalue weighted by Crippen LogP contribution is 2.40. The summed E-state index contributed by atoms with van der Waals surface area (Å²) >= 11 is 0. The van der Waals surface area contributed by atoms with E-state index in [0.29, 0.717) is 12.5 Å². The van der Waals surface area contributed by atoms with Gasteiger partial charge < -0.3 is 15.7 Å². The van der Waals surface area contributed by atoms with Crippen molar-refractivity contribution in [2.75, 3.05) is 13.1 Å². The third kappa shape index (κ3) is 3.72. The van der Waals surface area contributed by atoms with Gasteiger partial charge in [0.15, 0.2) is 0 Å². The highest BCUT2D eigenvalue weighted by molar-refractivity contribution is 5.86. The summed E-state index contributed by atoms with van der Waals surface area (Å²) in [5.74, 6) is -0.405. The Balaban J connectivity index is 2.93. The van der Waals surface area contributed by atoms with Crippen LogP contribution in [0.25, 0.3) is 0 Å². The van der Waals surface area contributed by atoms with Crippen LogP contribution >= 0.6 is 0 Å². The zero-order valence-electron chi connectivity index (χ0n) is 12.9. The molecule has 20 heavy (non-hydrogen) atoms. The van der Waals surface area contributed by atoms with Gasteiger partial charge in [0.05, 0.1) is 5.41 Å². The minimum atomic E-state index is -0.963. The van der Waals surface area contributed by atoms with Crippen molar-refractivity contribution in [2.24, 2.45) is 17.1 Å². The van der Waals surface area contributed by atoms with Gasteiger partial charge in [-0.1, -0.05) is 13.8 Å². The van der Waals surface area contributed by atoms with E-state index in [9.17, 15) is 9.59 Å². The van der Waals surface area contributed by atoms with Crippen LogP contribution in [0.2, 0.25) is 0 Å². The van der Waals surface area contributed by atoms with Crippen molar-refractivity contribution < 1.29 is 14.7 Å². The van der Waals surface area contributed by atoms with Gasteiger partial charge in [-0.3, -0.25) is 9.59 Å². The molecule has 1 fully saturated rings. The molecule has 116 valence electrons. The average molecular weight is 284 g/mol. The Bertz CT molecular complexity index is 349. The predicted molar refractivity (Wildman–Crippen MR) is 78.2 cm³/mol. The topological polar surface area (TPSA) is 83.6 Å². The fourth-order valence-corrected chi connectivity index (χ4v) is 2.92. The normalized spacial score (nSPS) is 27.9. The number of carboxylic acid groups (broad SMARTS) is 1. The molecule has 0 saturated heterocycles. The summed E-state index contributed by atoms with van der Waals surface area (Å²) in [6, 6.07) is -0.0682. The summed E-state index contributed by atoms with van der Waals surface area (Å²) in [5.41, 5.74) is 5.35. The van der Waals surface area contributed by atoms with E-state index in [0.717, 1.165) is 32.1 Å². The van der Waals surface area contributed by atoms with Crippen molar-refractivity contribution in [1.29, 1.82) is 0 Å². The number of hydrogen-bond donors (Lipinski definition) is 2. The third-order valence-corrected chi connectivity index (χ3v) is 4.77. The third-order valence-electron chi connectivity index (χ3n) is 4.77. The molecular formula is C15H28N2O3. The molecule has 1 rings (SSSR count). The lowest BCUT2D eigenvalue weighted by molar-refractivity contribution is -0.153. The molecule has 1 amide bonds. The Hall–Kier alpha value is -1.10. The van der Waals surface area contributed by atoms with Gasteiger partial charge in [-0.05, 0) is 44.9 Å². The summed E-state index contributed by atoms with van der Waals surface area (Å²) < 4.78 is 0. The number of nitrogens with zero attached hydrogens (tertiary/aromatic N) is 1. The molecule has 0 heterocycles. The SMILES string of the molecule is CCC(C)N(CC(=O)O)C(=O)C1(CN)CCC(C)CC1. The van der Waals surface area contributed by atoms with Gasteiger partial charge in [0.25, 0.3) is 0 Å². The lowest BCUT2D eigenvalue weighted by Gasteiger charge is -2.42. The van der Waals surface area contributed by atoms with Crippen LogP contribution in [-0.2, 0) is 9.59 Å². The maximum Gasteiger partial charge on any atom is 0.323 e. The van der Waals surface area contributed by atoms with Crippen molar-refractivity contribution in [3.05, 3.63) is 0 Å². The lowest BCUT2D eigenvalue weighted by atomic mass is 9.69. The zero-order chi connectivity index (χ0) is 15.3. The van der Waals surface area contributed by atoms with Crippen molar-refractivity contribution >= 4 is 11.9 Å². The second-order valence-corrected chi connectivity index (χ2v) is 6.25.